The fourth-order valence-corrected chi connectivity index (χ4v) is 9.12. The zero-order chi connectivity index (χ0) is 32.2. The monoisotopic (exact) mass is 664 g/mol. The smallest absolute Gasteiger partial charge is 0.407 e. The SMILES string of the molecule is COC(=O)NC(C(=O)Nc1cccc(F)c1CCC1CNC2CCCS(=O)(=O)N1C2)C1(c2ccc(Cl)cc2)CCC(OC)CC1. The highest BCUT2D eigenvalue weighted by Gasteiger charge is 2.48. The average Bonchev–Trinajstić information content (AvgIpc) is 3.15. The van der Waals surface area contributed by atoms with E-state index in [2.05, 4.69) is 16.0 Å². The number of benzene rings is 2. The van der Waals surface area contributed by atoms with Gasteiger partial charge in [-0.25, -0.2) is 17.6 Å². The molecule has 0 aromatic heterocycles. The van der Waals surface area contributed by atoms with E-state index >= 15 is 4.39 Å². The summed E-state index contributed by atoms with van der Waals surface area (Å²) in [4.78, 5) is 26.9. The molecule has 4 atom stereocenters. The summed E-state index contributed by atoms with van der Waals surface area (Å²) in [5.41, 5.74) is 0.560. The van der Waals surface area contributed by atoms with Crippen molar-refractivity contribution >= 4 is 39.3 Å². The van der Waals surface area contributed by atoms with Gasteiger partial charge in [0, 0.05) is 54.0 Å². The predicted octanol–water partition coefficient (Wildman–Crippen LogP) is 4.37. The fourth-order valence-electron chi connectivity index (χ4n) is 7.19. The minimum Gasteiger partial charge on any atom is -0.453 e. The van der Waals surface area contributed by atoms with Gasteiger partial charge >= 0.3 is 6.09 Å². The van der Waals surface area contributed by atoms with Gasteiger partial charge in [0.1, 0.15) is 11.9 Å². The summed E-state index contributed by atoms with van der Waals surface area (Å²) in [5, 5.41) is 9.68. The number of amides is 2. The van der Waals surface area contributed by atoms with Crippen LogP contribution >= 0.6 is 11.6 Å². The molecule has 3 aliphatic rings. The third-order valence-corrected chi connectivity index (χ3v) is 11.9. The number of piperazine rings is 1. The number of anilines is 1. The molecular weight excluding hydrogens is 623 g/mol. The summed E-state index contributed by atoms with van der Waals surface area (Å²) in [6.07, 6.45) is 3.62. The van der Waals surface area contributed by atoms with Gasteiger partial charge in [-0.1, -0.05) is 29.8 Å². The maximum atomic E-state index is 15.4. The Bertz CT molecular complexity index is 1470. The number of sulfonamides is 1. The Kier molecular flexibility index (Phi) is 10.7. The number of methoxy groups -OCH3 is 2. The molecule has 0 spiro atoms. The Morgan fingerprint density at radius 2 is 1.87 bits per heavy atom. The van der Waals surface area contributed by atoms with Crippen LogP contribution in [0.15, 0.2) is 42.5 Å². The van der Waals surface area contributed by atoms with Crippen molar-refractivity contribution in [3.8, 4) is 0 Å². The van der Waals surface area contributed by atoms with Crippen molar-refractivity contribution in [1.29, 1.82) is 0 Å². The molecule has 3 fully saturated rings. The first-order valence-corrected chi connectivity index (χ1v) is 17.5. The van der Waals surface area contributed by atoms with E-state index in [0.29, 0.717) is 56.6 Å². The van der Waals surface area contributed by atoms with Crippen molar-refractivity contribution in [3.63, 3.8) is 0 Å². The number of hydrogen-bond donors (Lipinski definition) is 3. The van der Waals surface area contributed by atoms with Crippen LogP contribution in [0.1, 0.15) is 56.1 Å². The van der Waals surface area contributed by atoms with Gasteiger partial charge in [-0.3, -0.25) is 4.79 Å². The van der Waals surface area contributed by atoms with Crippen molar-refractivity contribution in [2.45, 2.75) is 81.0 Å². The van der Waals surface area contributed by atoms with Crippen molar-refractivity contribution in [2.24, 2.45) is 0 Å². The number of carbonyl (C=O) groups is 2. The lowest BCUT2D eigenvalue weighted by Gasteiger charge is -2.45. The molecule has 13 heteroatoms. The zero-order valence-electron chi connectivity index (χ0n) is 25.7. The maximum Gasteiger partial charge on any atom is 0.407 e. The average molecular weight is 665 g/mol. The lowest BCUT2D eigenvalue weighted by molar-refractivity contribution is -0.120. The lowest BCUT2D eigenvalue weighted by Crippen LogP contribution is -2.58. The van der Waals surface area contributed by atoms with Gasteiger partial charge in [-0.05, 0) is 81.2 Å². The zero-order valence-corrected chi connectivity index (χ0v) is 27.3. The molecule has 4 unspecified atom stereocenters. The van der Waals surface area contributed by atoms with Crippen LogP contribution in [0.5, 0.6) is 0 Å². The van der Waals surface area contributed by atoms with Gasteiger partial charge in [0.05, 0.1) is 19.0 Å². The Morgan fingerprint density at radius 1 is 1.13 bits per heavy atom. The standard InChI is InChI=1S/C32H42ClFN4O6S/c1-43-25-14-16-32(17-15-25,21-8-10-22(33)11-9-21)29(37-31(40)44-2)30(39)36-28-7-3-6-27(34)26(28)13-12-24-19-35-23-5-4-18-45(41,42)38(24)20-23/h3,6-11,23-25,29,35H,4-5,12-20H2,1-2H3,(H,36,39)(H,37,40). The number of hydrogen-bond acceptors (Lipinski definition) is 7. The van der Waals surface area contributed by atoms with Crippen molar-refractivity contribution in [3.05, 3.63) is 64.4 Å². The van der Waals surface area contributed by atoms with E-state index in [1.807, 2.05) is 12.1 Å². The van der Waals surface area contributed by atoms with Crippen LogP contribution in [0.25, 0.3) is 0 Å². The summed E-state index contributed by atoms with van der Waals surface area (Å²) < 4.78 is 53.4. The Morgan fingerprint density at radius 3 is 2.56 bits per heavy atom. The molecule has 2 aromatic rings. The first-order valence-electron chi connectivity index (χ1n) is 15.5. The quantitative estimate of drug-likeness (QED) is 0.364. The highest BCUT2D eigenvalue weighted by molar-refractivity contribution is 7.89. The number of nitrogens with one attached hydrogen (secondary N) is 3. The summed E-state index contributed by atoms with van der Waals surface area (Å²) in [6.45, 7) is 0.892. The van der Waals surface area contributed by atoms with Crippen LogP contribution < -0.4 is 16.0 Å². The fraction of sp³-hybridized carbons (Fsp3) is 0.562. The first kappa shape index (κ1) is 33.6. The third-order valence-electron chi connectivity index (χ3n) is 9.71. The van der Waals surface area contributed by atoms with E-state index in [0.717, 1.165) is 12.0 Å². The van der Waals surface area contributed by atoms with Crippen LogP contribution in [0.4, 0.5) is 14.9 Å². The molecule has 1 aliphatic carbocycles. The minimum absolute atomic E-state index is 0.0136. The van der Waals surface area contributed by atoms with Gasteiger partial charge in [0.2, 0.25) is 15.9 Å². The van der Waals surface area contributed by atoms with E-state index < -0.39 is 39.3 Å². The van der Waals surface area contributed by atoms with Gasteiger partial charge < -0.3 is 25.4 Å². The Balaban J connectivity index is 1.42. The van der Waals surface area contributed by atoms with Crippen molar-refractivity contribution in [1.82, 2.24) is 14.9 Å². The molecule has 45 heavy (non-hydrogen) atoms. The van der Waals surface area contributed by atoms with Gasteiger partial charge in [-0.15, -0.1) is 0 Å². The normalized spacial score (nSPS) is 28.4. The summed E-state index contributed by atoms with van der Waals surface area (Å²) in [7, 11) is -0.510. The molecule has 2 aliphatic heterocycles. The molecule has 246 valence electrons. The van der Waals surface area contributed by atoms with E-state index in [-0.39, 0.29) is 41.6 Å². The Hall–Kier alpha value is -2.77. The van der Waals surface area contributed by atoms with Crippen molar-refractivity contribution in [2.75, 3.05) is 38.4 Å². The molecule has 1 saturated carbocycles. The Labute approximate surface area is 269 Å². The predicted molar refractivity (Wildman–Crippen MR) is 170 cm³/mol. The molecule has 0 radical (unpaired) electrons. The van der Waals surface area contributed by atoms with Gasteiger partial charge in [-0.2, -0.15) is 4.31 Å². The third kappa shape index (κ3) is 7.46. The molecule has 2 amide bonds. The van der Waals surface area contributed by atoms with Crippen LogP contribution in [-0.4, -0.2) is 82.0 Å². The number of fused-ring (bicyclic) bond motifs is 2. The van der Waals surface area contributed by atoms with Crippen LogP contribution in [0.3, 0.4) is 0 Å². The highest BCUT2D eigenvalue weighted by atomic mass is 35.5. The minimum atomic E-state index is -3.40. The molecule has 2 aromatic carbocycles. The number of nitrogens with zero attached hydrogens (tertiary/aromatic N) is 1. The summed E-state index contributed by atoms with van der Waals surface area (Å²) in [6, 6.07) is 10.4. The first-order chi connectivity index (χ1) is 21.6. The van der Waals surface area contributed by atoms with E-state index in [9.17, 15) is 18.0 Å². The lowest BCUT2D eigenvalue weighted by atomic mass is 9.64. The summed E-state index contributed by atoms with van der Waals surface area (Å²) in [5.74, 6) is -0.911. The molecule has 10 nitrogen and oxygen atoms in total. The summed E-state index contributed by atoms with van der Waals surface area (Å²) >= 11 is 6.20. The van der Waals surface area contributed by atoms with Crippen molar-refractivity contribution < 1.29 is 31.9 Å². The molecule has 5 rings (SSSR count). The van der Waals surface area contributed by atoms with Gasteiger partial charge in [0.15, 0.2) is 0 Å². The number of alkyl carbamates (subject to hydrolysis) is 1. The molecule has 2 bridgehead atoms. The molecular formula is C32H42ClFN4O6S. The molecule has 2 heterocycles. The number of carbonyl (C=O) groups excluding carboxylic acids is 2. The number of ether oxygens (including phenoxy) is 2. The van der Waals surface area contributed by atoms with E-state index in [1.165, 1.54) is 19.2 Å². The van der Waals surface area contributed by atoms with Crippen LogP contribution in [0, 0.1) is 5.82 Å². The van der Waals surface area contributed by atoms with Gasteiger partial charge in [0.25, 0.3) is 0 Å². The van der Waals surface area contributed by atoms with Crippen LogP contribution in [0.2, 0.25) is 5.02 Å². The molecule has 2 saturated heterocycles. The second-order valence-electron chi connectivity index (χ2n) is 12.2. The van der Waals surface area contributed by atoms with E-state index in [4.69, 9.17) is 21.1 Å². The van der Waals surface area contributed by atoms with Crippen LogP contribution in [-0.2, 0) is 36.1 Å². The molecule has 3 N–H and O–H groups in total. The number of halogens is 2. The maximum absolute atomic E-state index is 15.4. The van der Waals surface area contributed by atoms with E-state index in [1.54, 1.807) is 29.6 Å². The number of rotatable bonds is 9. The second-order valence-corrected chi connectivity index (χ2v) is 14.7. The largest absolute Gasteiger partial charge is 0.453 e. The highest BCUT2D eigenvalue weighted by Crippen LogP contribution is 2.44. The second kappa shape index (κ2) is 14.3. The topological polar surface area (TPSA) is 126 Å².